The van der Waals surface area contributed by atoms with Gasteiger partial charge in [-0.25, -0.2) is 8.42 Å². The van der Waals surface area contributed by atoms with Gasteiger partial charge in [-0.15, -0.1) is 11.8 Å². The van der Waals surface area contributed by atoms with Crippen molar-refractivity contribution in [1.29, 1.82) is 0 Å². The smallest absolute Gasteiger partial charge is 0.258 e. The van der Waals surface area contributed by atoms with E-state index in [2.05, 4.69) is 0 Å². The van der Waals surface area contributed by atoms with Crippen LogP contribution in [0.4, 0.5) is 5.69 Å². The van der Waals surface area contributed by atoms with Crippen molar-refractivity contribution in [3.8, 4) is 0 Å². The second-order valence-electron chi connectivity index (χ2n) is 7.12. The number of sulfonamides is 1. The van der Waals surface area contributed by atoms with Crippen LogP contribution in [0.5, 0.6) is 0 Å². The number of rotatable bonds is 3. The fourth-order valence-corrected chi connectivity index (χ4v) is 6.23. The van der Waals surface area contributed by atoms with Gasteiger partial charge in [-0.2, -0.15) is 4.31 Å². The second-order valence-corrected chi connectivity index (χ2v) is 10.2. The van der Waals surface area contributed by atoms with E-state index in [1.165, 1.54) is 0 Å². The van der Waals surface area contributed by atoms with E-state index in [0.29, 0.717) is 25.2 Å². The van der Waals surface area contributed by atoms with Gasteiger partial charge in [-0.3, -0.25) is 4.79 Å². The Kier molecular flexibility index (Phi) is 5.75. The zero-order valence-corrected chi connectivity index (χ0v) is 17.3. The Morgan fingerprint density at radius 1 is 0.857 bits per heavy atom. The molecule has 1 saturated heterocycles. The number of nitrogens with zero attached hydrogens (tertiary/aromatic N) is 2. The fourth-order valence-electron chi connectivity index (χ4n) is 3.72. The maximum atomic E-state index is 13.1. The predicted octanol–water partition coefficient (Wildman–Crippen LogP) is 4.00. The first kappa shape index (κ1) is 19.5. The quantitative estimate of drug-likeness (QED) is 0.759. The SMILES string of the molecule is O=C(c1ccc(S(=O)(=O)N2CCCCC2)cc1)N1CCCSc2ccccc21. The molecule has 0 bridgehead atoms. The Morgan fingerprint density at radius 3 is 2.32 bits per heavy atom. The lowest BCUT2D eigenvalue weighted by atomic mass is 10.1. The summed E-state index contributed by atoms with van der Waals surface area (Å²) in [7, 11) is -3.48. The Bertz CT molecular complexity index is 952. The van der Waals surface area contributed by atoms with Crippen LogP contribution < -0.4 is 4.90 Å². The summed E-state index contributed by atoms with van der Waals surface area (Å²) in [4.78, 5) is 16.3. The molecule has 28 heavy (non-hydrogen) atoms. The van der Waals surface area contributed by atoms with Crippen LogP contribution in [0.3, 0.4) is 0 Å². The molecule has 1 fully saturated rings. The molecular weight excluding hydrogens is 392 g/mol. The molecule has 148 valence electrons. The number of piperidine rings is 1. The van der Waals surface area contributed by atoms with Gasteiger partial charge in [0.15, 0.2) is 0 Å². The van der Waals surface area contributed by atoms with E-state index in [1.807, 2.05) is 29.2 Å². The van der Waals surface area contributed by atoms with Gasteiger partial charge < -0.3 is 4.90 Å². The van der Waals surface area contributed by atoms with Crippen molar-refractivity contribution in [2.45, 2.75) is 35.5 Å². The minimum absolute atomic E-state index is 0.0862. The summed E-state index contributed by atoms with van der Waals surface area (Å²) in [6, 6.07) is 14.4. The van der Waals surface area contributed by atoms with Crippen LogP contribution in [-0.2, 0) is 10.0 Å². The fraction of sp³-hybridized carbons (Fsp3) is 0.381. The summed E-state index contributed by atoms with van der Waals surface area (Å²) in [5.74, 6) is 0.894. The number of para-hydroxylation sites is 1. The molecule has 0 aliphatic carbocycles. The Morgan fingerprint density at radius 2 is 1.57 bits per heavy atom. The van der Waals surface area contributed by atoms with Crippen molar-refractivity contribution >= 4 is 33.4 Å². The van der Waals surface area contributed by atoms with Crippen LogP contribution in [0, 0.1) is 0 Å². The summed E-state index contributed by atoms with van der Waals surface area (Å²) in [6.07, 6.45) is 3.81. The second kappa shape index (κ2) is 8.27. The highest BCUT2D eigenvalue weighted by atomic mass is 32.2. The molecule has 2 aromatic rings. The lowest BCUT2D eigenvalue weighted by Crippen LogP contribution is -2.35. The van der Waals surface area contributed by atoms with E-state index in [0.717, 1.165) is 42.0 Å². The highest BCUT2D eigenvalue weighted by Crippen LogP contribution is 2.34. The highest BCUT2D eigenvalue weighted by molar-refractivity contribution is 7.99. The molecule has 0 atom stereocenters. The minimum Gasteiger partial charge on any atom is -0.307 e. The standard InChI is InChI=1S/C21H24N2O3S2/c24-21(23-15-6-16-27-20-8-3-2-7-19(20)23)17-9-11-18(12-10-17)28(25,26)22-13-4-1-5-14-22/h2-3,7-12H,1,4-6,13-16H2. The van der Waals surface area contributed by atoms with Crippen LogP contribution in [0.1, 0.15) is 36.0 Å². The topological polar surface area (TPSA) is 57.7 Å². The lowest BCUT2D eigenvalue weighted by molar-refractivity contribution is 0.0986. The zero-order chi connectivity index (χ0) is 19.6. The normalized spacial score (nSPS) is 18.4. The Labute approximate surface area is 170 Å². The van der Waals surface area contributed by atoms with Crippen LogP contribution in [-0.4, -0.2) is 44.0 Å². The molecule has 5 nitrogen and oxygen atoms in total. The van der Waals surface area contributed by atoms with E-state index >= 15 is 0 Å². The molecule has 4 rings (SSSR count). The summed E-state index contributed by atoms with van der Waals surface area (Å²) in [5, 5.41) is 0. The largest absolute Gasteiger partial charge is 0.307 e. The number of hydrogen-bond acceptors (Lipinski definition) is 4. The van der Waals surface area contributed by atoms with Gasteiger partial charge in [-0.05, 0) is 61.4 Å². The molecule has 2 heterocycles. The third-order valence-electron chi connectivity index (χ3n) is 5.24. The first-order valence-corrected chi connectivity index (χ1v) is 12.1. The summed E-state index contributed by atoms with van der Waals surface area (Å²) >= 11 is 1.77. The van der Waals surface area contributed by atoms with Gasteiger partial charge in [0.25, 0.3) is 5.91 Å². The lowest BCUT2D eigenvalue weighted by Gasteiger charge is -2.26. The van der Waals surface area contributed by atoms with Crippen molar-refractivity contribution in [2.75, 3.05) is 30.3 Å². The van der Waals surface area contributed by atoms with Gasteiger partial charge in [-0.1, -0.05) is 18.6 Å². The summed E-state index contributed by atoms with van der Waals surface area (Å²) < 4.78 is 27.2. The molecular formula is C21H24N2O3S2. The predicted molar refractivity (Wildman–Crippen MR) is 113 cm³/mol. The molecule has 0 radical (unpaired) electrons. The molecule has 2 aromatic carbocycles. The molecule has 0 unspecified atom stereocenters. The van der Waals surface area contributed by atoms with Crippen LogP contribution >= 0.6 is 11.8 Å². The number of hydrogen-bond donors (Lipinski definition) is 0. The maximum absolute atomic E-state index is 13.1. The monoisotopic (exact) mass is 416 g/mol. The third-order valence-corrected chi connectivity index (χ3v) is 8.30. The molecule has 0 N–H and O–H groups in total. The first-order chi connectivity index (χ1) is 13.6. The maximum Gasteiger partial charge on any atom is 0.258 e. The van der Waals surface area contributed by atoms with Gasteiger partial charge in [0.05, 0.1) is 10.6 Å². The minimum atomic E-state index is -3.48. The van der Waals surface area contributed by atoms with Crippen LogP contribution in [0.2, 0.25) is 0 Å². The Balaban J connectivity index is 1.58. The molecule has 0 saturated carbocycles. The number of amides is 1. The number of fused-ring (bicyclic) bond motifs is 1. The van der Waals surface area contributed by atoms with E-state index in [9.17, 15) is 13.2 Å². The van der Waals surface area contributed by atoms with Crippen molar-refractivity contribution < 1.29 is 13.2 Å². The van der Waals surface area contributed by atoms with Crippen molar-refractivity contribution in [3.05, 3.63) is 54.1 Å². The third kappa shape index (κ3) is 3.83. The van der Waals surface area contributed by atoms with Crippen molar-refractivity contribution in [1.82, 2.24) is 4.31 Å². The highest BCUT2D eigenvalue weighted by Gasteiger charge is 2.27. The van der Waals surface area contributed by atoms with E-state index < -0.39 is 10.0 Å². The average molecular weight is 417 g/mol. The van der Waals surface area contributed by atoms with Gasteiger partial charge >= 0.3 is 0 Å². The average Bonchev–Trinajstić information content (AvgIpc) is 2.96. The van der Waals surface area contributed by atoms with E-state index in [1.54, 1.807) is 40.3 Å². The van der Waals surface area contributed by atoms with E-state index in [-0.39, 0.29) is 10.8 Å². The molecule has 2 aliphatic rings. The van der Waals surface area contributed by atoms with Gasteiger partial charge in [0.1, 0.15) is 0 Å². The number of thioether (sulfide) groups is 1. The molecule has 0 aromatic heterocycles. The van der Waals surface area contributed by atoms with Crippen LogP contribution in [0.15, 0.2) is 58.3 Å². The summed E-state index contributed by atoms with van der Waals surface area (Å²) in [6.45, 7) is 1.81. The molecule has 2 aliphatic heterocycles. The van der Waals surface area contributed by atoms with Gasteiger partial charge in [0.2, 0.25) is 10.0 Å². The zero-order valence-electron chi connectivity index (χ0n) is 15.7. The molecule has 7 heteroatoms. The first-order valence-electron chi connectivity index (χ1n) is 9.71. The molecule has 0 spiro atoms. The van der Waals surface area contributed by atoms with Crippen LogP contribution in [0.25, 0.3) is 0 Å². The van der Waals surface area contributed by atoms with E-state index in [4.69, 9.17) is 0 Å². The Hall–Kier alpha value is -1.83. The van der Waals surface area contributed by atoms with Crippen molar-refractivity contribution in [2.24, 2.45) is 0 Å². The number of anilines is 1. The van der Waals surface area contributed by atoms with Crippen molar-refractivity contribution in [3.63, 3.8) is 0 Å². The summed E-state index contributed by atoms with van der Waals surface area (Å²) in [5.41, 5.74) is 1.44. The number of benzene rings is 2. The number of carbonyl (C=O) groups is 1. The molecule has 1 amide bonds. The number of carbonyl (C=O) groups excluding carboxylic acids is 1. The van der Waals surface area contributed by atoms with Gasteiger partial charge in [0, 0.05) is 30.1 Å².